The fourth-order valence-electron chi connectivity index (χ4n) is 3.80. The van der Waals surface area contributed by atoms with Crippen molar-refractivity contribution < 1.29 is 9.53 Å². The van der Waals surface area contributed by atoms with Crippen LogP contribution >= 0.6 is 0 Å². The number of anilines is 1. The number of carbonyl (C=O) groups is 1. The summed E-state index contributed by atoms with van der Waals surface area (Å²) in [6.07, 6.45) is 1.49. The number of guanidine groups is 1. The van der Waals surface area contributed by atoms with Crippen molar-refractivity contribution in [1.82, 2.24) is 15.5 Å². The highest BCUT2D eigenvalue weighted by Crippen LogP contribution is 2.17. The van der Waals surface area contributed by atoms with E-state index in [0.29, 0.717) is 25.5 Å². The lowest BCUT2D eigenvalue weighted by Gasteiger charge is -2.18. The number of nitrogens with one attached hydrogen (secondary N) is 3. The van der Waals surface area contributed by atoms with Gasteiger partial charge < -0.3 is 25.6 Å². The molecule has 0 spiro atoms. The number of hydrogen-bond acceptors (Lipinski definition) is 4. The first-order valence-electron chi connectivity index (χ1n) is 11.3. The predicted octanol–water partition coefficient (Wildman–Crippen LogP) is 2.50. The Bertz CT molecular complexity index is 854. The minimum absolute atomic E-state index is 0.245. The molecule has 1 aliphatic heterocycles. The number of ether oxygens (including phenoxy) is 1. The molecule has 0 bridgehead atoms. The molecule has 7 nitrogen and oxygen atoms in total. The molecule has 3 rings (SSSR count). The zero-order valence-corrected chi connectivity index (χ0v) is 19.1. The summed E-state index contributed by atoms with van der Waals surface area (Å²) in [5.41, 5.74) is 3.52. The Labute approximate surface area is 191 Å². The second-order valence-corrected chi connectivity index (χ2v) is 8.07. The molecule has 0 radical (unpaired) electrons. The largest absolute Gasteiger partial charge is 0.383 e. The van der Waals surface area contributed by atoms with Crippen molar-refractivity contribution in [2.45, 2.75) is 19.4 Å². The van der Waals surface area contributed by atoms with Gasteiger partial charge in [-0.25, -0.2) is 0 Å². The fourth-order valence-corrected chi connectivity index (χ4v) is 3.80. The first-order chi connectivity index (χ1) is 15.7. The number of benzene rings is 2. The normalized spacial score (nSPS) is 16.3. The SMILES string of the molecule is CN=C(NCc1ccc(NCCOC)cc1)NCC1CC(=O)N(CCc2ccccc2)C1. The van der Waals surface area contributed by atoms with Gasteiger partial charge in [-0.3, -0.25) is 9.79 Å². The first kappa shape index (κ1) is 23.6. The number of amides is 1. The highest BCUT2D eigenvalue weighted by molar-refractivity contribution is 5.80. The lowest BCUT2D eigenvalue weighted by Crippen LogP contribution is -2.40. The van der Waals surface area contributed by atoms with Gasteiger partial charge in [-0.15, -0.1) is 0 Å². The van der Waals surface area contributed by atoms with Crippen molar-refractivity contribution in [3.05, 3.63) is 65.7 Å². The van der Waals surface area contributed by atoms with E-state index < -0.39 is 0 Å². The lowest BCUT2D eigenvalue weighted by molar-refractivity contribution is -0.127. The molecule has 7 heteroatoms. The Morgan fingerprint density at radius 2 is 1.88 bits per heavy atom. The molecule has 0 aromatic heterocycles. The maximum atomic E-state index is 12.4. The Morgan fingerprint density at radius 1 is 1.09 bits per heavy atom. The smallest absolute Gasteiger partial charge is 0.223 e. The summed E-state index contributed by atoms with van der Waals surface area (Å²) in [5.74, 6) is 1.30. The van der Waals surface area contributed by atoms with E-state index in [1.54, 1.807) is 14.2 Å². The molecule has 32 heavy (non-hydrogen) atoms. The molecule has 1 fully saturated rings. The van der Waals surface area contributed by atoms with Crippen LogP contribution in [0, 0.1) is 5.92 Å². The third-order valence-electron chi connectivity index (χ3n) is 5.64. The Kier molecular flexibility index (Phi) is 9.37. The minimum Gasteiger partial charge on any atom is -0.383 e. The number of aliphatic imine (C=N–C) groups is 1. The number of nitrogens with zero attached hydrogens (tertiary/aromatic N) is 2. The van der Waals surface area contributed by atoms with Crippen molar-refractivity contribution in [2.24, 2.45) is 10.9 Å². The van der Waals surface area contributed by atoms with Crippen molar-refractivity contribution in [2.75, 3.05) is 52.3 Å². The average molecular weight is 438 g/mol. The molecule has 1 heterocycles. The average Bonchev–Trinajstić information content (AvgIpc) is 3.19. The van der Waals surface area contributed by atoms with Crippen LogP contribution in [-0.2, 0) is 22.5 Å². The van der Waals surface area contributed by atoms with E-state index in [0.717, 1.165) is 44.2 Å². The Balaban J connectivity index is 1.37. The number of rotatable bonds is 11. The van der Waals surface area contributed by atoms with Gasteiger partial charge in [0, 0.05) is 64.9 Å². The van der Waals surface area contributed by atoms with Gasteiger partial charge in [-0.1, -0.05) is 42.5 Å². The topological polar surface area (TPSA) is 78.0 Å². The molecule has 2 aromatic rings. The maximum Gasteiger partial charge on any atom is 0.223 e. The molecule has 0 saturated carbocycles. The van der Waals surface area contributed by atoms with Gasteiger partial charge in [0.05, 0.1) is 6.61 Å². The lowest BCUT2D eigenvalue weighted by atomic mass is 10.1. The third kappa shape index (κ3) is 7.57. The van der Waals surface area contributed by atoms with Crippen LogP contribution in [0.5, 0.6) is 0 Å². The van der Waals surface area contributed by atoms with Gasteiger partial charge in [-0.2, -0.15) is 0 Å². The number of carbonyl (C=O) groups excluding carboxylic acids is 1. The molecule has 1 saturated heterocycles. The first-order valence-corrected chi connectivity index (χ1v) is 11.3. The summed E-state index contributed by atoms with van der Waals surface area (Å²) < 4.78 is 5.05. The molecule has 1 unspecified atom stereocenters. The van der Waals surface area contributed by atoms with Crippen molar-refractivity contribution >= 4 is 17.6 Å². The molecule has 1 aliphatic rings. The van der Waals surface area contributed by atoms with Gasteiger partial charge in [0.15, 0.2) is 5.96 Å². The third-order valence-corrected chi connectivity index (χ3v) is 5.64. The molecular formula is C25H35N5O2. The zero-order chi connectivity index (χ0) is 22.6. The van der Waals surface area contributed by atoms with Gasteiger partial charge in [0.2, 0.25) is 5.91 Å². The standard InChI is InChI=1S/C25H35N5O2/c1-26-25(28-17-21-8-10-23(11-9-21)27-13-15-32-2)29-18-22-16-24(31)30(19-22)14-12-20-6-4-3-5-7-20/h3-11,22,27H,12-19H2,1-2H3,(H2,26,28,29). The number of hydrogen-bond donors (Lipinski definition) is 3. The van der Waals surface area contributed by atoms with Crippen molar-refractivity contribution in [3.8, 4) is 0 Å². The van der Waals surface area contributed by atoms with Crippen LogP contribution in [0.1, 0.15) is 17.5 Å². The maximum absolute atomic E-state index is 12.4. The molecular weight excluding hydrogens is 402 g/mol. The molecule has 172 valence electrons. The Morgan fingerprint density at radius 3 is 2.59 bits per heavy atom. The van der Waals surface area contributed by atoms with E-state index in [4.69, 9.17) is 4.74 Å². The summed E-state index contributed by atoms with van der Waals surface area (Å²) in [4.78, 5) is 18.7. The van der Waals surface area contributed by atoms with Gasteiger partial charge >= 0.3 is 0 Å². The highest BCUT2D eigenvalue weighted by Gasteiger charge is 2.29. The molecule has 0 aliphatic carbocycles. The molecule has 1 amide bonds. The molecule has 1 atom stereocenters. The second-order valence-electron chi connectivity index (χ2n) is 8.07. The molecule has 2 aromatic carbocycles. The van der Waals surface area contributed by atoms with E-state index >= 15 is 0 Å². The van der Waals surface area contributed by atoms with Crippen LogP contribution < -0.4 is 16.0 Å². The summed E-state index contributed by atoms with van der Waals surface area (Å²) in [7, 11) is 3.47. The summed E-state index contributed by atoms with van der Waals surface area (Å²) in [5, 5.41) is 10.0. The fraction of sp³-hybridized carbons (Fsp3) is 0.440. The second kappa shape index (κ2) is 12.7. The van der Waals surface area contributed by atoms with Crippen LogP contribution in [0.2, 0.25) is 0 Å². The van der Waals surface area contributed by atoms with E-state index in [2.05, 4.69) is 57.3 Å². The van der Waals surface area contributed by atoms with E-state index in [-0.39, 0.29) is 5.91 Å². The van der Waals surface area contributed by atoms with E-state index in [1.165, 1.54) is 11.1 Å². The van der Waals surface area contributed by atoms with Crippen LogP contribution in [-0.4, -0.2) is 63.7 Å². The molecule has 3 N–H and O–H groups in total. The van der Waals surface area contributed by atoms with E-state index in [9.17, 15) is 4.79 Å². The minimum atomic E-state index is 0.245. The van der Waals surface area contributed by atoms with Gasteiger partial charge in [0.25, 0.3) is 0 Å². The monoisotopic (exact) mass is 437 g/mol. The predicted molar refractivity (Wildman–Crippen MR) is 130 cm³/mol. The highest BCUT2D eigenvalue weighted by atomic mass is 16.5. The van der Waals surface area contributed by atoms with Crippen LogP contribution in [0.3, 0.4) is 0 Å². The zero-order valence-electron chi connectivity index (χ0n) is 19.1. The number of methoxy groups -OCH3 is 1. The van der Waals surface area contributed by atoms with Crippen molar-refractivity contribution in [3.63, 3.8) is 0 Å². The summed E-state index contributed by atoms with van der Waals surface area (Å²) in [6.45, 7) is 4.47. The van der Waals surface area contributed by atoms with Crippen LogP contribution in [0.15, 0.2) is 59.6 Å². The van der Waals surface area contributed by atoms with Crippen molar-refractivity contribution in [1.29, 1.82) is 0 Å². The van der Waals surface area contributed by atoms with Gasteiger partial charge in [-0.05, 0) is 29.7 Å². The van der Waals surface area contributed by atoms with E-state index in [1.807, 2.05) is 23.1 Å². The van der Waals surface area contributed by atoms with Gasteiger partial charge in [0.1, 0.15) is 0 Å². The van der Waals surface area contributed by atoms with Crippen LogP contribution in [0.4, 0.5) is 5.69 Å². The Hall–Kier alpha value is -3.06. The summed E-state index contributed by atoms with van der Waals surface area (Å²) in [6, 6.07) is 18.6. The number of likely N-dealkylation sites (tertiary alicyclic amines) is 1. The summed E-state index contributed by atoms with van der Waals surface area (Å²) >= 11 is 0. The quantitative estimate of drug-likeness (QED) is 0.286. The van der Waals surface area contributed by atoms with Crippen LogP contribution in [0.25, 0.3) is 0 Å².